The van der Waals surface area contributed by atoms with Crippen molar-refractivity contribution in [2.75, 3.05) is 6.61 Å². The predicted octanol–water partition coefficient (Wildman–Crippen LogP) is 5.10. The molecule has 2 N–H and O–H groups in total. The molecule has 24 heavy (non-hydrogen) atoms. The number of hydrogen-bond acceptors (Lipinski definition) is 4. The van der Waals surface area contributed by atoms with E-state index in [1.54, 1.807) is 0 Å². The molecule has 0 spiro atoms. The summed E-state index contributed by atoms with van der Waals surface area (Å²) in [7, 11) is 0. The van der Waals surface area contributed by atoms with E-state index in [9.17, 15) is 4.79 Å². The second kappa shape index (κ2) is 18.7. The molecule has 0 aromatic heterocycles. The number of carbonyl (C=O) groups excluding carboxylic acids is 1. The molecule has 0 saturated carbocycles. The number of aliphatic hydroxyl groups excluding tert-OH is 2. The van der Waals surface area contributed by atoms with E-state index in [1.807, 2.05) is 0 Å². The third kappa shape index (κ3) is 17.7. The normalized spacial score (nSPS) is 12.3. The summed E-state index contributed by atoms with van der Waals surface area (Å²) in [6, 6.07) is 0. The van der Waals surface area contributed by atoms with Gasteiger partial charge in [-0.2, -0.15) is 0 Å². The maximum atomic E-state index is 11.3. The molecule has 0 aliphatic rings. The molecule has 0 fully saturated rings. The highest BCUT2D eigenvalue weighted by Crippen LogP contribution is 2.13. The monoisotopic (exact) mass is 344 g/mol. The summed E-state index contributed by atoms with van der Waals surface area (Å²) in [6.07, 6.45) is 18.3. The van der Waals surface area contributed by atoms with Crippen molar-refractivity contribution in [2.45, 2.75) is 116 Å². The molecule has 0 rings (SSSR count). The first-order valence-corrected chi connectivity index (χ1v) is 10.2. The molecule has 144 valence electrons. The van der Waals surface area contributed by atoms with Gasteiger partial charge < -0.3 is 14.9 Å². The van der Waals surface area contributed by atoms with Crippen molar-refractivity contribution >= 4 is 5.97 Å². The summed E-state index contributed by atoms with van der Waals surface area (Å²) < 4.78 is 4.59. The molecule has 0 amide bonds. The Labute approximate surface area is 149 Å². The summed E-state index contributed by atoms with van der Waals surface area (Å²) in [4.78, 5) is 11.3. The van der Waals surface area contributed by atoms with Crippen molar-refractivity contribution in [3.8, 4) is 0 Å². The highest BCUT2D eigenvalue weighted by molar-refractivity contribution is 5.69. The number of esters is 1. The van der Waals surface area contributed by atoms with Crippen LogP contribution in [0.15, 0.2) is 0 Å². The Bertz CT molecular complexity index is 268. The van der Waals surface area contributed by atoms with Crippen LogP contribution in [0.1, 0.15) is 110 Å². The average molecular weight is 345 g/mol. The fourth-order valence-electron chi connectivity index (χ4n) is 2.89. The van der Waals surface area contributed by atoms with E-state index in [1.165, 1.54) is 77.0 Å². The summed E-state index contributed by atoms with van der Waals surface area (Å²) >= 11 is 0. The zero-order chi connectivity index (χ0) is 17.9. The maximum absolute atomic E-state index is 11.3. The molecule has 0 heterocycles. The van der Waals surface area contributed by atoms with Crippen molar-refractivity contribution < 1.29 is 19.7 Å². The number of ether oxygens (including phenoxy) is 1. The minimum atomic E-state index is -1.37. The van der Waals surface area contributed by atoms with Crippen LogP contribution in [0, 0.1) is 0 Å². The predicted molar refractivity (Wildman–Crippen MR) is 98.7 cm³/mol. The van der Waals surface area contributed by atoms with Gasteiger partial charge in [-0.15, -0.1) is 0 Å². The van der Waals surface area contributed by atoms with Crippen molar-refractivity contribution in [1.82, 2.24) is 0 Å². The first-order chi connectivity index (χ1) is 11.7. The number of carbonyl (C=O) groups is 1. The van der Waals surface area contributed by atoms with Gasteiger partial charge in [-0.25, -0.2) is 0 Å². The zero-order valence-electron chi connectivity index (χ0n) is 15.8. The van der Waals surface area contributed by atoms with Crippen molar-refractivity contribution in [3.63, 3.8) is 0 Å². The molecule has 0 aromatic rings. The lowest BCUT2D eigenvalue weighted by molar-refractivity contribution is -0.173. The molecule has 0 radical (unpaired) electrons. The molecule has 0 aromatic carbocycles. The third-order valence-corrected chi connectivity index (χ3v) is 4.41. The molecular formula is C20H40O4. The Balaban J connectivity index is 3.11. The lowest BCUT2D eigenvalue weighted by Gasteiger charge is -2.08. The van der Waals surface area contributed by atoms with Gasteiger partial charge in [0.05, 0.1) is 0 Å². The van der Waals surface area contributed by atoms with Crippen LogP contribution in [0.4, 0.5) is 0 Å². The van der Waals surface area contributed by atoms with Crippen LogP contribution in [0.3, 0.4) is 0 Å². The first kappa shape index (κ1) is 23.4. The van der Waals surface area contributed by atoms with Crippen molar-refractivity contribution in [2.24, 2.45) is 0 Å². The van der Waals surface area contributed by atoms with Gasteiger partial charge in [0.2, 0.25) is 6.29 Å². The fourth-order valence-corrected chi connectivity index (χ4v) is 2.89. The minimum Gasteiger partial charge on any atom is -0.433 e. The van der Waals surface area contributed by atoms with Crippen molar-refractivity contribution in [3.05, 3.63) is 0 Å². The molecule has 4 nitrogen and oxygen atoms in total. The van der Waals surface area contributed by atoms with Gasteiger partial charge >= 0.3 is 5.97 Å². The minimum absolute atomic E-state index is 0.329. The molecule has 0 bridgehead atoms. The summed E-state index contributed by atoms with van der Waals surface area (Å²) in [5.41, 5.74) is 0. The van der Waals surface area contributed by atoms with Crippen LogP contribution in [-0.4, -0.2) is 29.1 Å². The molecule has 0 saturated heterocycles. The number of rotatable bonds is 18. The van der Waals surface area contributed by atoms with Gasteiger partial charge in [0.25, 0.3) is 0 Å². The Morgan fingerprint density at radius 3 is 1.50 bits per heavy atom. The lowest BCUT2D eigenvalue weighted by Crippen LogP contribution is -2.20. The van der Waals surface area contributed by atoms with Crippen LogP contribution >= 0.6 is 0 Å². The van der Waals surface area contributed by atoms with E-state index in [0.717, 1.165) is 19.3 Å². The quantitative estimate of drug-likeness (QED) is 0.206. The van der Waals surface area contributed by atoms with Gasteiger partial charge in [0, 0.05) is 6.42 Å². The Morgan fingerprint density at radius 1 is 0.750 bits per heavy atom. The molecule has 0 aliphatic heterocycles. The summed E-state index contributed by atoms with van der Waals surface area (Å²) in [6.45, 7) is 1.73. The molecule has 1 atom stereocenters. The largest absolute Gasteiger partial charge is 0.433 e. The van der Waals surface area contributed by atoms with Crippen LogP contribution in [-0.2, 0) is 9.53 Å². The van der Waals surface area contributed by atoms with Crippen LogP contribution < -0.4 is 0 Å². The highest BCUT2D eigenvalue weighted by Gasteiger charge is 2.08. The van der Waals surface area contributed by atoms with E-state index in [2.05, 4.69) is 11.7 Å². The number of unbranched alkanes of at least 4 members (excludes halogenated alkanes) is 14. The van der Waals surface area contributed by atoms with Crippen LogP contribution in [0.25, 0.3) is 0 Å². The zero-order valence-corrected chi connectivity index (χ0v) is 15.8. The Hall–Kier alpha value is -0.610. The lowest BCUT2D eigenvalue weighted by atomic mass is 10.0. The van der Waals surface area contributed by atoms with Gasteiger partial charge in [-0.1, -0.05) is 96.8 Å². The number of aliphatic hydroxyl groups is 2. The summed E-state index contributed by atoms with van der Waals surface area (Å²) in [5, 5.41) is 17.5. The van der Waals surface area contributed by atoms with E-state index in [0.29, 0.717) is 6.42 Å². The average Bonchev–Trinajstić information content (AvgIpc) is 2.58. The van der Waals surface area contributed by atoms with E-state index in [4.69, 9.17) is 10.2 Å². The van der Waals surface area contributed by atoms with Gasteiger partial charge in [0.15, 0.2) is 0 Å². The third-order valence-electron chi connectivity index (χ3n) is 4.41. The Kier molecular flexibility index (Phi) is 18.2. The van der Waals surface area contributed by atoms with Crippen LogP contribution in [0.5, 0.6) is 0 Å². The molecule has 0 aliphatic carbocycles. The topological polar surface area (TPSA) is 66.8 Å². The smallest absolute Gasteiger partial charge is 0.308 e. The van der Waals surface area contributed by atoms with Crippen LogP contribution in [0.2, 0.25) is 0 Å². The SMILES string of the molecule is CCCCCCCCCCCCCCCCCC(=O)OC(O)CO. The van der Waals surface area contributed by atoms with E-state index >= 15 is 0 Å². The number of hydrogen-bond donors (Lipinski definition) is 2. The highest BCUT2D eigenvalue weighted by atomic mass is 16.6. The fraction of sp³-hybridized carbons (Fsp3) is 0.950. The molecule has 4 heteroatoms. The summed E-state index contributed by atoms with van der Waals surface area (Å²) in [5.74, 6) is -0.425. The van der Waals surface area contributed by atoms with Gasteiger partial charge in [-0.3, -0.25) is 4.79 Å². The van der Waals surface area contributed by atoms with E-state index < -0.39 is 18.9 Å². The Morgan fingerprint density at radius 2 is 1.12 bits per heavy atom. The maximum Gasteiger partial charge on any atom is 0.308 e. The van der Waals surface area contributed by atoms with E-state index in [-0.39, 0.29) is 0 Å². The standard InChI is InChI=1S/C20H40O4/c1-2-3-4-5-6-7-8-9-10-11-12-13-14-15-16-17-19(22)24-20(23)18-21/h20-21,23H,2-18H2,1H3. The molecular weight excluding hydrogens is 304 g/mol. The first-order valence-electron chi connectivity index (χ1n) is 10.2. The molecule has 1 unspecified atom stereocenters. The van der Waals surface area contributed by atoms with Gasteiger partial charge in [0.1, 0.15) is 6.61 Å². The van der Waals surface area contributed by atoms with Crippen molar-refractivity contribution in [1.29, 1.82) is 0 Å². The second-order valence-corrected chi connectivity index (χ2v) is 6.83. The van der Waals surface area contributed by atoms with Gasteiger partial charge in [-0.05, 0) is 6.42 Å². The second-order valence-electron chi connectivity index (χ2n) is 6.83.